The van der Waals surface area contributed by atoms with Crippen LogP contribution < -0.4 is 14.8 Å². The van der Waals surface area contributed by atoms with Crippen LogP contribution in [-0.2, 0) is 16.0 Å². The van der Waals surface area contributed by atoms with Gasteiger partial charge in [-0.15, -0.1) is 0 Å². The predicted octanol–water partition coefficient (Wildman–Crippen LogP) is 2.73. The summed E-state index contributed by atoms with van der Waals surface area (Å²) in [6.07, 6.45) is -0.365. The average Bonchev–Trinajstić information content (AvgIpc) is 2.63. The van der Waals surface area contributed by atoms with Gasteiger partial charge in [0, 0.05) is 19.8 Å². The molecule has 0 bridgehead atoms. The molecule has 0 aliphatic carbocycles. The lowest BCUT2D eigenvalue weighted by Crippen LogP contribution is -2.30. The van der Waals surface area contributed by atoms with Gasteiger partial charge in [0.25, 0.3) is 5.91 Å². The maximum absolute atomic E-state index is 12.3. The van der Waals surface area contributed by atoms with E-state index in [2.05, 4.69) is 5.32 Å². The molecule has 1 N–H and O–H groups in total. The van der Waals surface area contributed by atoms with Crippen LogP contribution in [0.4, 0.5) is 5.69 Å². The topological polar surface area (TPSA) is 67.9 Å². The van der Waals surface area contributed by atoms with Gasteiger partial charge in [-0.1, -0.05) is 24.3 Å². The predicted molar refractivity (Wildman–Crippen MR) is 101 cm³/mol. The summed E-state index contributed by atoms with van der Waals surface area (Å²) in [5.74, 6) is 0.839. The molecular formula is C20H24N2O4. The van der Waals surface area contributed by atoms with Crippen molar-refractivity contribution in [2.24, 2.45) is 0 Å². The lowest BCUT2D eigenvalue weighted by molar-refractivity contribution is -0.128. The van der Waals surface area contributed by atoms with E-state index in [4.69, 9.17) is 9.47 Å². The number of carbonyl (C=O) groups is 2. The molecule has 0 aliphatic rings. The largest absolute Gasteiger partial charge is 0.493 e. The summed E-state index contributed by atoms with van der Waals surface area (Å²) >= 11 is 0. The molecule has 0 heterocycles. The quantitative estimate of drug-likeness (QED) is 0.828. The second-order valence-corrected chi connectivity index (χ2v) is 6.06. The summed E-state index contributed by atoms with van der Waals surface area (Å²) in [5.41, 5.74) is 1.53. The van der Waals surface area contributed by atoms with E-state index in [9.17, 15) is 9.59 Å². The van der Waals surface area contributed by atoms with Crippen LogP contribution in [0.3, 0.4) is 0 Å². The highest BCUT2D eigenvalue weighted by atomic mass is 16.5. The van der Waals surface area contributed by atoms with E-state index in [-0.39, 0.29) is 11.8 Å². The van der Waals surface area contributed by atoms with Gasteiger partial charge in [-0.3, -0.25) is 9.59 Å². The van der Waals surface area contributed by atoms with Crippen molar-refractivity contribution in [3.05, 3.63) is 54.1 Å². The number of ether oxygens (including phenoxy) is 2. The number of rotatable bonds is 7. The number of benzene rings is 2. The first-order valence-electron chi connectivity index (χ1n) is 8.30. The summed E-state index contributed by atoms with van der Waals surface area (Å²) < 4.78 is 10.9. The Morgan fingerprint density at radius 3 is 2.23 bits per heavy atom. The Morgan fingerprint density at radius 2 is 1.65 bits per heavy atom. The van der Waals surface area contributed by atoms with Gasteiger partial charge < -0.3 is 19.7 Å². The molecule has 0 aromatic heterocycles. The molecule has 138 valence electrons. The highest BCUT2D eigenvalue weighted by Crippen LogP contribution is 2.27. The monoisotopic (exact) mass is 356 g/mol. The second-order valence-electron chi connectivity index (χ2n) is 6.06. The average molecular weight is 356 g/mol. The molecule has 0 radical (unpaired) electrons. The summed E-state index contributed by atoms with van der Waals surface area (Å²) in [4.78, 5) is 25.6. The molecule has 2 rings (SSSR count). The van der Waals surface area contributed by atoms with Gasteiger partial charge in [0.2, 0.25) is 5.91 Å². The number of hydrogen-bond donors (Lipinski definition) is 1. The van der Waals surface area contributed by atoms with Crippen LogP contribution in [0.1, 0.15) is 12.5 Å². The highest BCUT2D eigenvalue weighted by molar-refractivity contribution is 5.94. The van der Waals surface area contributed by atoms with Gasteiger partial charge in [0.15, 0.2) is 17.6 Å². The van der Waals surface area contributed by atoms with Crippen molar-refractivity contribution >= 4 is 17.5 Å². The fourth-order valence-corrected chi connectivity index (χ4v) is 2.24. The molecule has 6 nitrogen and oxygen atoms in total. The van der Waals surface area contributed by atoms with Crippen LogP contribution in [0.2, 0.25) is 0 Å². The first kappa shape index (κ1) is 19.3. The summed E-state index contributed by atoms with van der Waals surface area (Å²) in [6, 6.07) is 14.4. The molecule has 2 aromatic rings. The lowest BCUT2D eigenvalue weighted by atomic mass is 10.1. The molecule has 0 saturated heterocycles. The minimum atomic E-state index is -0.693. The smallest absolute Gasteiger partial charge is 0.265 e. The van der Waals surface area contributed by atoms with Gasteiger partial charge >= 0.3 is 0 Å². The van der Waals surface area contributed by atoms with Crippen LogP contribution in [-0.4, -0.2) is 44.0 Å². The zero-order valence-electron chi connectivity index (χ0n) is 15.5. The van der Waals surface area contributed by atoms with E-state index < -0.39 is 6.10 Å². The zero-order valence-corrected chi connectivity index (χ0v) is 15.5. The van der Waals surface area contributed by atoms with Gasteiger partial charge in [-0.2, -0.15) is 0 Å². The highest BCUT2D eigenvalue weighted by Gasteiger charge is 2.17. The number of hydrogen-bond acceptors (Lipinski definition) is 4. The second kappa shape index (κ2) is 8.89. The molecular weight excluding hydrogens is 332 g/mol. The maximum Gasteiger partial charge on any atom is 0.265 e. The van der Waals surface area contributed by atoms with Crippen molar-refractivity contribution in [2.75, 3.05) is 26.5 Å². The number of carbonyl (C=O) groups excluding carboxylic acids is 2. The molecule has 0 spiro atoms. The van der Waals surface area contributed by atoms with Crippen molar-refractivity contribution in [3.8, 4) is 11.5 Å². The fraction of sp³-hybridized carbons (Fsp3) is 0.300. The summed E-state index contributed by atoms with van der Waals surface area (Å²) in [7, 11) is 5.00. The van der Waals surface area contributed by atoms with Crippen LogP contribution in [0, 0.1) is 0 Å². The maximum atomic E-state index is 12.3. The standard InChI is InChI=1S/C20H24N2O4/c1-14(26-18-8-6-5-7-17(18)25-4)20(24)21-16-11-9-15(10-12-16)13-19(23)22(2)3/h5-12,14H,13H2,1-4H3,(H,21,24). The van der Waals surface area contributed by atoms with Crippen LogP contribution >= 0.6 is 0 Å². The van der Waals surface area contributed by atoms with Crippen LogP contribution in [0.5, 0.6) is 11.5 Å². The minimum absolute atomic E-state index is 0.0283. The van der Waals surface area contributed by atoms with E-state index >= 15 is 0 Å². The van der Waals surface area contributed by atoms with Crippen molar-refractivity contribution in [1.82, 2.24) is 4.90 Å². The Hall–Kier alpha value is -3.02. The van der Waals surface area contributed by atoms with Crippen molar-refractivity contribution in [1.29, 1.82) is 0 Å². The molecule has 6 heteroatoms. The molecule has 2 aromatic carbocycles. The molecule has 0 saturated carbocycles. The van der Waals surface area contributed by atoms with E-state index in [1.165, 1.54) is 0 Å². The van der Waals surface area contributed by atoms with Crippen molar-refractivity contribution in [2.45, 2.75) is 19.4 Å². The third kappa shape index (κ3) is 5.24. The number of anilines is 1. The number of nitrogens with one attached hydrogen (secondary N) is 1. The van der Waals surface area contributed by atoms with Gasteiger partial charge in [0.05, 0.1) is 13.5 Å². The summed E-state index contributed by atoms with van der Waals surface area (Å²) in [5, 5.41) is 2.80. The molecule has 0 fully saturated rings. The summed E-state index contributed by atoms with van der Waals surface area (Å²) in [6.45, 7) is 1.67. The number of nitrogens with zero attached hydrogens (tertiary/aromatic N) is 1. The number of likely N-dealkylation sites (N-methyl/N-ethyl adjacent to an activating group) is 1. The Labute approximate surface area is 153 Å². The van der Waals surface area contributed by atoms with E-state index in [0.717, 1.165) is 5.56 Å². The number of para-hydroxylation sites is 2. The fourth-order valence-electron chi connectivity index (χ4n) is 2.24. The lowest BCUT2D eigenvalue weighted by Gasteiger charge is -2.16. The molecule has 26 heavy (non-hydrogen) atoms. The number of methoxy groups -OCH3 is 1. The Bertz CT molecular complexity index is 757. The van der Waals surface area contributed by atoms with Crippen molar-refractivity contribution in [3.63, 3.8) is 0 Å². The molecule has 2 amide bonds. The Morgan fingerprint density at radius 1 is 1.04 bits per heavy atom. The normalized spacial score (nSPS) is 11.4. The molecule has 1 unspecified atom stereocenters. The number of amides is 2. The third-order valence-corrected chi connectivity index (χ3v) is 3.82. The van der Waals surface area contributed by atoms with Gasteiger partial charge in [-0.05, 0) is 36.8 Å². The first-order valence-corrected chi connectivity index (χ1v) is 8.30. The third-order valence-electron chi connectivity index (χ3n) is 3.82. The van der Waals surface area contributed by atoms with E-state index in [0.29, 0.717) is 23.6 Å². The molecule has 1 atom stereocenters. The van der Waals surface area contributed by atoms with E-state index in [1.807, 2.05) is 24.3 Å². The minimum Gasteiger partial charge on any atom is -0.493 e. The van der Waals surface area contributed by atoms with Crippen molar-refractivity contribution < 1.29 is 19.1 Å². The first-order chi connectivity index (χ1) is 12.4. The van der Waals surface area contributed by atoms with E-state index in [1.54, 1.807) is 57.3 Å². The Balaban J connectivity index is 1.95. The van der Waals surface area contributed by atoms with Gasteiger partial charge in [0.1, 0.15) is 0 Å². The SMILES string of the molecule is COc1ccccc1OC(C)C(=O)Nc1ccc(CC(=O)N(C)C)cc1. The van der Waals surface area contributed by atoms with Gasteiger partial charge in [-0.25, -0.2) is 0 Å². The van der Waals surface area contributed by atoms with Crippen LogP contribution in [0.25, 0.3) is 0 Å². The Kier molecular flexibility index (Phi) is 6.60. The van der Waals surface area contributed by atoms with Crippen LogP contribution in [0.15, 0.2) is 48.5 Å². The zero-order chi connectivity index (χ0) is 19.1. The molecule has 0 aliphatic heterocycles.